The van der Waals surface area contributed by atoms with Gasteiger partial charge in [0, 0.05) is 13.1 Å². The Morgan fingerprint density at radius 1 is 1.41 bits per heavy atom. The average Bonchev–Trinajstić information content (AvgIpc) is 2.52. The first-order valence-electron chi connectivity index (χ1n) is 7.46. The Labute approximate surface area is 131 Å². The van der Waals surface area contributed by atoms with E-state index in [0.717, 1.165) is 6.54 Å². The number of carbonyl (C=O) groups is 1. The Balaban J connectivity index is 2.47. The first-order chi connectivity index (χ1) is 10.5. The molecule has 0 aliphatic carbocycles. The van der Waals surface area contributed by atoms with Gasteiger partial charge in [0.15, 0.2) is 17.6 Å². The van der Waals surface area contributed by atoms with Gasteiger partial charge in [-0.15, -0.1) is 0 Å². The van der Waals surface area contributed by atoms with Crippen molar-refractivity contribution in [3.63, 3.8) is 0 Å². The van der Waals surface area contributed by atoms with Crippen molar-refractivity contribution in [2.45, 2.75) is 26.1 Å². The van der Waals surface area contributed by atoms with Crippen LogP contribution in [-0.4, -0.2) is 56.3 Å². The maximum absolute atomic E-state index is 12.6. The second-order valence-electron chi connectivity index (χ2n) is 5.61. The summed E-state index contributed by atoms with van der Waals surface area (Å²) in [6.45, 7) is 3.12. The van der Waals surface area contributed by atoms with Crippen molar-refractivity contribution in [1.29, 1.82) is 0 Å². The van der Waals surface area contributed by atoms with Gasteiger partial charge in [0.2, 0.25) is 0 Å². The molecule has 0 spiro atoms. The molecule has 6 heteroatoms. The lowest BCUT2D eigenvalue weighted by molar-refractivity contribution is -0.126. The lowest BCUT2D eigenvalue weighted by atomic mass is 10.1. The van der Waals surface area contributed by atoms with Crippen molar-refractivity contribution in [3.8, 4) is 11.5 Å². The summed E-state index contributed by atoms with van der Waals surface area (Å²) in [5.41, 5.74) is 1.36. The molecule has 1 aliphatic heterocycles. The van der Waals surface area contributed by atoms with Crippen LogP contribution in [0.2, 0.25) is 0 Å². The van der Waals surface area contributed by atoms with E-state index in [4.69, 9.17) is 9.47 Å². The van der Waals surface area contributed by atoms with Crippen molar-refractivity contribution in [1.82, 2.24) is 4.90 Å². The predicted octanol–water partition coefficient (Wildman–Crippen LogP) is 1.25. The zero-order chi connectivity index (χ0) is 16.3. The van der Waals surface area contributed by atoms with E-state index < -0.39 is 6.10 Å². The van der Waals surface area contributed by atoms with E-state index in [1.54, 1.807) is 24.1 Å². The molecule has 1 N–H and O–H groups in total. The van der Waals surface area contributed by atoms with Gasteiger partial charge >= 0.3 is 0 Å². The molecule has 1 aliphatic rings. The zero-order valence-electron chi connectivity index (χ0n) is 13.6. The molecule has 1 atom stereocenters. The van der Waals surface area contributed by atoms with Crippen molar-refractivity contribution in [2.75, 3.05) is 39.2 Å². The SMILES string of the molecule is CCC1Oc2c(OC)cc(CO)cc2N(CCN(C)C)C1=O. The van der Waals surface area contributed by atoms with E-state index >= 15 is 0 Å². The fraction of sp³-hybridized carbons (Fsp3) is 0.562. The van der Waals surface area contributed by atoms with Gasteiger partial charge in [-0.05, 0) is 38.2 Å². The standard InChI is InChI=1S/C16H24N2O4/c1-5-13-16(20)18(7-6-17(2)3)12-8-11(10-19)9-14(21-4)15(12)22-13/h8-9,13,19H,5-7,10H2,1-4H3. The number of ether oxygens (including phenoxy) is 2. The summed E-state index contributed by atoms with van der Waals surface area (Å²) in [6, 6.07) is 3.53. The van der Waals surface area contributed by atoms with Gasteiger partial charge in [0.1, 0.15) is 0 Å². The number of amides is 1. The number of likely N-dealkylation sites (N-methyl/N-ethyl adjacent to an activating group) is 1. The number of hydrogen-bond donors (Lipinski definition) is 1. The summed E-state index contributed by atoms with van der Waals surface area (Å²) in [7, 11) is 5.49. The number of nitrogens with zero attached hydrogens (tertiary/aromatic N) is 2. The summed E-state index contributed by atoms with van der Waals surface area (Å²) in [5, 5.41) is 9.42. The third-order valence-corrected chi connectivity index (χ3v) is 3.73. The third-order valence-electron chi connectivity index (χ3n) is 3.73. The average molecular weight is 308 g/mol. The molecule has 1 heterocycles. The van der Waals surface area contributed by atoms with Gasteiger partial charge in [-0.25, -0.2) is 0 Å². The Kier molecular flexibility index (Phi) is 5.26. The van der Waals surface area contributed by atoms with Crippen LogP contribution in [0.3, 0.4) is 0 Å². The third kappa shape index (κ3) is 3.18. The molecule has 1 unspecified atom stereocenters. The molecule has 0 saturated carbocycles. The van der Waals surface area contributed by atoms with Crippen LogP contribution in [0.25, 0.3) is 0 Å². The summed E-state index contributed by atoms with van der Waals surface area (Å²) >= 11 is 0. The number of carbonyl (C=O) groups excluding carboxylic acids is 1. The van der Waals surface area contributed by atoms with E-state index in [2.05, 4.69) is 0 Å². The second kappa shape index (κ2) is 6.98. The summed E-state index contributed by atoms with van der Waals surface area (Å²) in [6.07, 6.45) is 0.102. The molecule has 2 rings (SSSR count). The van der Waals surface area contributed by atoms with Gasteiger partial charge in [-0.3, -0.25) is 4.79 Å². The number of aliphatic hydroxyl groups is 1. The predicted molar refractivity (Wildman–Crippen MR) is 84.5 cm³/mol. The number of hydrogen-bond acceptors (Lipinski definition) is 5. The van der Waals surface area contributed by atoms with Crippen LogP contribution >= 0.6 is 0 Å². The minimum atomic E-state index is -0.497. The quantitative estimate of drug-likeness (QED) is 0.857. The number of aliphatic hydroxyl groups excluding tert-OH is 1. The largest absolute Gasteiger partial charge is 0.493 e. The fourth-order valence-electron chi connectivity index (χ4n) is 2.48. The maximum Gasteiger partial charge on any atom is 0.268 e. The van der Waals surface area contributed by atoms with Crippen molar-refractivity contribution >= 4 is 11.6 Å². The molecule has 0 aromatic heterocycles. The van der Waals surface area contributed by atoms with Gasteiger partial charge in [-0.1, -0.05) is 6.92 Å². The van der Waals surface area contributed by atoms with Gasteiger partial charge < -0.3 is 24.4 Å². The van der Waals surface area contributed by atoms with Crippen molar-refractivity contribution < 1.29 is 19.4 Å². The van der Waals surface area contributed by atoms with Gasteiger partial charge in [0.05, 0.1) is 19.4 Å². The van der Waals surface area contributed by atoms with Crippen LogP contribution in [0.15, 0.2) is 12.1 Å². The molecule has 0 fully saturated rings. The number of fused-ring (bicyclic) bond motifs is 1. The number of anilines is 1. The lowest BCUT2D eigenvalue weighted by Gasteiger charge is -2.35. The summed E-state index contributed by atoms with van der Waals surface area (Å²) < 4.78 is 11.2. The molecular weight excluding hydrogens is 284 g/mol. The molecule has 1 aromatic carbocycles. The Morgan fingerprint density at radius 3 is 2.68 bits per heavy atom. The smallest absolute Gasteiger partial charge is 0.268 e. The number of benzene rings is 1. The zero-order valence-corrected chi connectivity index (χ0v) is 13.6. The molecule has 6 nitrogen and oxygen atoms in total. The van der Waals surface area contributed by atoms with Crippen LogP contribution in [0.1, 0.15) is 18.9 Å². The Morgan fingerprint density at radius 2 is 2.14 bits per heavy atom. The first kappa shape index (κ1) is 16.6. The normalized spacial score (nSPS) is 17.5. The monoisotopic (exact) mass is 308 g/mol. The molecule has 0 bridgehead atoms. The van der Waals surface area contributed by atoms with Crippen LogP contribution in [0.4, 0.5) is 5.69 Å². The molecule has 1 amide bonds. The Hall–Kier alpha value is -1.79. The highest BCUT2D eigenvalue weighted by molar-refractivity contribution is 6.00. The van der Waals surface area contributed by atoms with Crippen LogP contribution in [0.5, 0.6) is 11.5 Å². The van der Waals surface area contributed by atoms with Crippen molar-refractivity contribution in [2.24, 2.45) is 0 Å². The highest BCUT2D eigenvalue weighted by Crippen LogP contribution is 2.43. The molecule has 122 valence electrons. The van der Waals surface area contributed by atoms with E-state index in [0.29, 0.717) is 35.7 Å². The maximum atomic E-state index is 12.6. The first-order valence-corrected chi connectivity index (χ1v) is 7.46. The molecular formula is C16H24N2O4. The van der Waals surface area contributed by atoms with E-state index in [1.165, 1.54) is 0 Å². The molecule has 22 heavy (non-hydrogen) atoms. The molecule has 1 aromatic rings. The second-order valence-corrected chi connectivity index (χ2v) is 5.61. The minimum Gasteiger partial charge on any atom is -0.493 e. The van der Waals surface area contributed by atoms with Crippen LogP contribution < -0.4 is 14.4 Å². The highest BCUT2D eigenvalue weighted by atomic mass is 16.5. The van der Waals surface area contributed by atoms with Gasteiger partial charge in [0.25, 0.3) is 5.91 Å². The van der Waals surface area contributed by atoms with Gasteiger partial charge in [-0.2, -0.15) is 0 Å². The highest BCUT2D eigenvalue weighted by Gasteiger charge is 2.35. The summed E-state index contributed by atoms with van der Waals surface area (Å²) in [4.78, 5) is 16.4. The van der Waals surface area contributed by atoms with Crippen LogP contribution in [0, 0.1) is 0 Å². The number of rotatable bonds is 6. The Bertz CT molecular complexity index is 545. The molecule has 0 saturated heterocycles. The topological polar surface area (TPSA) is 62.2 Å². The van der Waals surface area contributed by atoms with Crippen molar-refractivity contribution in [3.05, 3.63) is 17.7 Å². The summed E-state index contributed by atoms with van der Waals surface area (Å²) in [5.74, 6) is 1.07. The van der Waals surface area contributed by atoms with E-state index in [1.807, 2.05) is 25.9 Å². The fourth-order valence-corrected chi connectivity index (χ4v) is 2.48. The molecule has 0 radical (unpaired) electrons. The van der Waals surface area contributed by atoms with Crippen LogP contribution in [-0.2, 0) is 11.4 Å². The van der Waals surface area contributed by atoms with E-state index in [9.17, 15) is 9.90 Å². The van der Waals surface area contributed by atoms with E-state index in [-0.39, 0.29) is 12.5 Å². The lowest BCUT2D eigenvalue weighted by Crippen LogP contribution is -2.48. The number of methoxy groups -OCH3 is 1. The minimum absolute atomic E-state index is 0.0472.